The smallest absolute Gasteiger partial charge is 0.0992 e. The maximum absolute atomic E-state index is 9.86. The zero-order chi connectivity index (χ0) is 13.7. The van der Waals surface area contributed by atoms with Crippen LogP contribution in [0.2, 0.25) is 0 Å². The van der Waals surface area contributed by atoms with Gasteiger partial charge in [0.25, 0.3) is 0 Å². The van der Waals surface area contributed by atoms with E-state index in [1.165, 1.54) is 0 Å². The average molecular weight is 246 g/mol. The Morgan fingerprint density at radius 2 is 2.00 bits per heavy atom. The third-order valence-corrected chi connectivity index (χ3v) is 3.38. The van der Waals surface area contributed by atoms with Crippen molar-refractivity contribution in [2.24, 2.45) is 0 Å². The molecular formula is C15H22N2O. The molecule has 0 radical (unpaired) electrons. The monoisotopic (exact) mass is 246 g/mol. The molecule has 1 aromatic carbocycles. The molecule has 0 fully saturated rings. The quantitative estimate of drug-likeness (QED) is 0.867. The summed E-state index contributed by atoms with van der Waals surface area (Å²) in [5, 5.41) is 18.9. The maximum Gasteiger partial charge on any atom is 0.0992 e. The fraction of sp³-hybridized carbons (Fsp3) is 0.533. The first kappa shape index (κ1) is 14.5. The molecule has 1 aromatic rings. The number of hydrogen-bond acceptors (Lipinski definition) is 3. The summed E-state index contributed by atoms with van der Waals surface area (Å²) in [4.78, 5) is 2.24. The highest BCUT2D eigenvalue weighted by atomic mass is 16.3. The lowest BCUT2D eigenvalue weighted by Crippen LogP contribution is -2.33. The molecule has 0 aliphatic rings. The van der Waals surface area contributed by atoms with Gasteiger partial charge in [0.05, 0.1) is 17.7 Å². The lowest BCUT2D eigenvalue weighted by molar-refractivity contribution is 0.199. The van der Waals surface area contributed by atoms with Gasteiger partial charge in [-0.05, 0) is 39.3 Å². The van der Waals surface area contributed by atoms with E-state index < -0.39 is 6.10 Å². The third-order valence-electron chi connectivity index (χ3n) is 3.38. The molecule has 0 aliphatic heterocycles. The van der Waals surface area contributed by atoms with Crippen LogP contribution >= 0.6 is 0 Å². The number of hydrogen-bond donors (Lipinski definition) is 1. The van der Waals surface area contributed by atoms with Crippen molar-refractivity contribution < 1.29 is 5.11 Å². The molecular weight excluding hydrogens is 224 g/mol. The zero-order valence-corrected chi connectivity index (χ0v) is 11.6. The van der Waals surface area contributed by atoms with E-state index in [2.05, 4.69) is 31.7 Å². The van der Waals surface area contributed by atoms with Gasteiger partial charge in [-0.3, -0.25) is 0 Å². The van der Waals surface area contributed by atoms with Gasteiger partial charge in [-0.15, -0.1) is 0 Å². The van der Waals surface area contributed by atoms with Crippen molar-refractivity contribution >= 4 is 5.69 Å². The van der Waals surface area contributed by atoms with E-state index in [0.717, 1.165) is 24.2 Å². The second kappa shape index (κ2) is 6.42. The van der Waals surface area contributed by atoms with E-state index in [9.17, 15) is 5.11 Å². The highest BCUT2D eigenvalue weighted by Crippen LogP contribution is 2.29. The van der Waals surface area contributed by atoms with Crippen molar-refractivity contribution in [1.29, 1.82) is 5.26 Å². The Morgan fingerprint density at radius 1 is 1.33 bits per heavy atom. The summed E-state index contributed by atoms with van der Waals surface area (Å²) in [7, 11) is 0. The predicted molar refractivity (Wildman–Crippen MR) is 74.6 cm³/mol. The van der Waals surface area contributed by atoms with Crippen LogP contribution in [0.3, 0.4) is 0 Å². The fourth-order valence-electron chi connectivity index (χ4n) is 2.16. The Balaban J connectivity index is 3.29. The number of aliphatic hydroxyl groups excluding tert-OH is 1. The first-order valence-electron chi connectivity index (χ1n) is 6.53. The molecule has 18 heavy (non-hydrogen) atoms. The Bertz CT molecular complexity index is 435. The zero-order valence-electron chi connectivity index (χ0n) is 11.6. The van der Waals surface area contributed by atoms with E-state index >= 15 is 0 Å². The normalized spacial score (nSPS) is 13.8. The summed E-state index contributed by atoms with van der Waals surface area (Å²) in [6.07, 6.45) is 0.509. The van der Waals surface area contributed by atoms with Gasteiger partial charge in [0, 0.05) is 23.8 Å². The van der Waals surface area contributed by atoms with Crippen LogP contribution in [0.4, 0.5) is 5.69 Å². The number of nitrogens with zero attached hydrogens (tertiary/aromatic N) is 2. The Morgan fingerprint density at radius 3 is 2.44 bits per heavy atom. The van der Waals surface area contributed by atoms with Crippen LogP contribution in [0.5, 0.6) is 0 Å². The molecule has 2 unspecified atom stereocenters. The van der Waals surface area contributed by atoms with Gasteiger partial charge in [-0.2, -0.15) is 5.26 Å². The molecule has 1 rings (SSSR count). The van der Waals surface area contributed by atoms with Crippen LogP contribution < -0.4 is 4.90 Å². The molecule has 0 saturated heterocycles. The lowest BCUT2D eigenvalue weighted by Gasteiger charge is -2.32. The van der Waals surface area contributed by atoms with Gasteiger partial charge in [-0.25, -0.2) is 0 Å². The van der Waals surface area contributed by atoms with E-state index in [0.29, 0.717) is 11.6 Å². The Labute approximate surface area is 110 Å². The first-order chi connectivity index (χ1) is 8.54. The molecule has 3 nitrogen and oxygen atoms in total. The number of nitriles is 1. The van der Waals surface area contributed by atoms with E-state index in [4.69, 9.17) is 5.26 Å². The minimum atomic E-state index is -0.522. The van der Waals surface area contributed by atoms with Gasteiger partial charge in [0.15, 0.2) is 0 Å². The topological polar surface area (TPSA) is 47.3 Å². The highest BCUT2D eigenvalue weighted by Gasteiger charge is 2.17. The van der Waals surface area contributed by atoms with Gasteiger partial charge in [0.2, 0.25) is 0 Å². The SMILES string of the molecule is CCC(C)N(CC)c1cc(C#N)ccc1C(C)O. The summed E-state index contributed by atoms with van der Waals surface area (Å²) in [5.74, 6) is 0. The standard InChI is InChI=1S/C15H22N2O/c1-5-11(3)17(6-2)15-9-13(10-16)7-8-14(15)12(4)18/h7-9,11-12,18H,5-6H2,1-4H3. The van der Waals surface area contributed by atoms with Crippen LogP contribution in [0.25, 0.3) is 0 Å². The minimum Gasteiger partial charge on any atom is -0.389 e. The van der Waals surface area contributed by atoms with E-state index in [1.807, 2.05) is 12.1 Å². The number of rotatable bonds is 5. The summed E-state index contributed by atoms with van der Waals surface area (Å²) < 4.78 is 0. The lowest BCUT2D eigenvalue weighted by atomic mass is 10.0. The van der Waals surface area contributed by atoms with Crippen LogP contribution in [-0.2, 0) is 0 Å². The van der Waals surface area contributed by atoms with Gasteiger partial charge in [0.1, 0.15) is 0 Å². The van der Waals surface area contributed by atoms with Crippen molar-refractivity contribution in [3.63, 3.8) is 0 Å². The molecule has 0 aliphatic carbocycles. The Hall–Kier alpha value is -1.53. The minimum absolute atomic E-state index is 0.390. The van der Waals surface area contributed by atoms with Crippen molar-refractivity contribution in [2.45, 2.75) is 46.3 Å². The largest absolute Gasteiger partial charge is 0.389 e. The van der Waals surface area contributed by atoms with E-state index in [1.54, 1.807) is 13.0 Å². The van der Waals surface area contributed by atoms with Gasteiger partial charge in [-0.1, -0.05) is 13.0 Å². The molecule has 3 heteroatoms. The summed E-state index contributed by atoms with van der Waals surface area (Å²) in [6, 6.07) is 8.03. The van der Waals surface area contributed by atoms with Crippen LogP contribution in [0, 0.1) is 11.3 Å². The molecule has 2 atom stereocenters. The van der Waals surface area contributed by atoms with Gasteiger partial charge < -0.3 is 10.0 Å². The average Bonchev–Trinajstić information content (AvgIpc) is 2.38. The fourth-order valence-corrected chi connectivity index (χ4v) is 2.16. The Kier molecular flexibility index (Phi) is 5.18. The number of anilines is 1. The summed E-state index contributed by atoms with van der Waals surface area (Å²) in [5.41, 5.74) is 2.49. The van der Waals surface area contributed by atoms with E-state index in [-0.39, 0.29) is 0 Å². The van der Waals surface area contributed by atoms with Crippen molar-refractivity contribution in [3.05, 3.63) is 29.3 Å². The molecule has 0 spiro atoms. The molecule has 0 aromatic heterocycles. The molecule has 0 heterocycles. The molecule has 98 valence electrons. The summed E-state index contributed by atoms with van der Waals surface area (Å²) >= 11 is 0. The molecule has 0 amide bonds. The molecule has 1 N–H and O–H groups in total. The predicted octanol–water partition coefficient (Wildman–Crippen LogP) is 3.24. The summed E-state index contributed by atoms with van der Waals surface area (Å²) in [6.45, 7) is 9.02. The molecule has 0 saturated carbocycles. The number of aliphatic hydroxyl groups is 1. The van der Waals surface area contributed by atoms with Crippen LogP contribution in [-0.4, -0.2) is 17.7 Å². The van der Waals surface area contributed by atoms with Gasteiger partial charge >= 0.3 is 0 Å². The number of benzene rings is 1. The maximum atomic E-state index is 9.86. The van der Waals surface area contributed by atoms with Crippen LogP contribution in [0.15, 0.2) is 18.2 Å². The first-order valence-corrected chi connectivity index (χ1v) is 6.53. The molecule has 0 bridgehead atoms. The third kappa shape index (κ3) is 3.02. The van der Waals surface area contributed by atoms with Crippen molar-refractivity contribution in [1.82, 2.24) is 0 Å². The second-order valence-electron chi connectivity index (χ2n) is 4.60. The second-order valence-corrected chi connectivity index (χ2v) is 4.60. The van der Waals surface area contributed by atoms with Crippen molar-refractivity contribution in [3.8, 4) is 6.07 Å². The highest BCUT2D eigenvalue weighted by molar-refractivity contribution is 5.59. The van der Waals surface area contributed by atoms with Crippen molar-refractivity contribution in [2.75, 3.05) is 11.4 Å². The van der Waals surface area contributed by atoms with Crippen LogP contribution in [0.1, 0.15) is 51.3 Å².